The predicted molar refractivity (Wildman–Crippen MR) is 71.7 cm³/mol. The highest BCUT2D eigenvalue weighted by Crippen LogP contribution is 1.81. The van der Waals surface area contributed by atoms with Crippen LogP contribution in [0.3, 0.4) is 0 Å². The summed E-state index contributed by atoms with van der Waals surface area (Å²) in [5, 5.41) is 2.36. The number of nitrogens with zero attached hydrogens (tertiary/aromatic N) is 1. The molecule has 0 aromatic heterocycles. The molecule has 0 radical (unpaired) electrons. The molecule has 0 rings (SSSR count). The van der Waals surface area contributed by atoms with Crippen molar-refractivity contribution in [3.05, 3.63) is 12.7 Å². The Morgan fingerprint density at radius 1 is 1.44 bits per heavy atom. The normalized spacial score (nSPS) is 9.50. The summed E-state index contributed by atoms with van der Waals surface area (Å²) in [6.45, 7) is 7.92. The maximum absolute atomic E-state index is 9.95. The SMILES string of the molecule is C=CC(=O)NC.CCN(C)C.CCOS(=O)(=O)O. The Morgan fingerprint density at radius 3 is 1.83 bits per heavy atom. The fraction of sp³-hybridized carbons (Fsp3) is 0.700. The van der Waals surface area contributed by atoms with Crippen LogP contribution >= 0.6 is 0 Å². The fourth-order valence-corrected chi connectivity index (χ4v) is 0.549. The summed E-state index contributed by atoms with van der Waals surface area (Å²) in [5.74, 6) is -0.144. The number of carbonyl (C=O) groups excluding carboxylic acids is 1. The van der Waals surface area contributed by atoms with E-state index in [4.69, 9.17) is 4.55 Å². The molecule has 0 fully saturated rings. The molecule has 0 saturated carbocycles. The fourth-order valence-electron chi connectivity index (χ4n) is 0.251. The molecule has 0 atom stereocenters. The molecule has 0 aliphatic heterocycles. The van der Waals surface area contributed by atoms with Crippen LogP contribution in [0.15, 0.2) is 12.7 Å². The van der Waals surface area contributed by atoms with Crippen molar-refractivity contribution in [1.82, 2.24) is 10.2 Å². The molecule has 0 aromatic carbocycles. The highest BCUT2D eigenvalue weighted by Gasteiger charge is 1.98. The molecule has 18 heavy (non-hydrogen) atoms. The van der Waals surface area contributed by atoms with Crippen LogP contribution in [0.25, 0.3) is 0 Å². The van der Waals surface area contributed by atoms with E-state index >= 15 is 0 Å². The second kappa shape index (κ2) is 14.1. The number of hydrogen-bond donors (Lipinski definition) is 2. The van der Waals surface area contributed by atoms with Crippen LogP contribution in [0.2, 0.25) is 0 Å². The van der Waals surface area contributed by atoms with Gasteiger partial charge in [0.25, 0.3) is 0 Å². The van der Waals surface area contributed by atoms with Crippen LogP contribution < -0.4 is 5.32 Å². The van der Waals surface area contributed by atoms with Gasteiger partial charge in [0.1, 0.15) is 0 Å². The van der Waals surface area contributed by atoms with Crippen molar-refractivity contribution in [2.24, 2.45) is 0 Å². The van der Waals surface area contributed by atoms with Crippen molar-refractivity contribution in [2.75, 3.05) is 34.3 Å². The minimum atomic E-state index is -4.17. The van der Waals surface area contributed by atoms with E-state index in [1.807, 2.05) is 0 Å². The molecule has 8 heteroatoms. The maximum atomic E-state index is 9.95. The Balaban J connectivity index is -0.000000190. The summed E-state index contributed by atoms with van der Waals surface area (Å²) in [4.78, 5) is 12.1. The van der Waals surface area contributed by atoms with Crippen molar-refractivity contribution in [3.63, 3.8) is 0 Å². The van der Waals surface area contributed by atoms with Crippen LogP contribution in [0.5, 0.6) is 0 Å². The number of hydrogen-bond acceptors (Lipinski definition) is 5. The number of carbonyl (C=O) groups is 1. The third kappa shape index (κ3) is 36.3. The number of rotatable bonds is 4. The van der Waals surface area contributed by atoms with Gasteiger partial charge in [0.15, 0.2) is 0 Å². The average Bonchev–Trinajstić information content (AvgIpc) is 2.28. The molecule has 0 aromatic rings. The van der Waals surface area contributed by atoms with Crippen molar-refractivity contribution in [1.29, 1.82) is 0 Å². The summed E-state index contributed by atoms with van der Waals surface area (Å²) < 4.78 is 30.7. The quantitative estimate of drug-likeness (QED) is 0.570. The van der Waals surface area contributed by atoms with Crippen molar-refractivity contribution in [2.45, 2.75) is 13.8 Å². The lowest BCUT2D eigenvalue weighted by atomic mass is 10.6. The first-order valence-corrected chi connectivity index (χ1v) is 6.61. The van der Waals surface area contributed by atoms with Gasteiger partial charge in [-0.15, -0.1) is 0 Å². The first kappa shape index (κ1) is 22.2. The van der Waals surface area contributed by atoms with E-state index in [9.17, 15) is 13.2 Å². The lowest BCUT2D eigenvalue weighted by Crippen LogP contribution is -2.13. The van der Waals surface area contributed by atoms with E-state index < -0.39 is 10.4 Å². The van der Waals surface area contributed by atoms with Gasteiger partial charge in [-0.1, -0.05) is 13.5 Å². The van der Waals surface area contributed by atoms with Gasteiger partial charge in [0.05, 0.1) is 6.61 Å². The van der Waals surface area contributed by atoms with Crippen LogP contribution in [0.4, 0.5) is 0 Å². The molecule has 1 amide bonds. The molecule has 0 saturated heterocycles. The van der Waals surface area contributed by atoms with Crippen LogP contribution in [-0.4, -0.2) is 58.1 Å². The van der Waals surface area contributed by atoms with E-state index in [0.29, 0.717) is 0 Å². The molecule has 110 valence electrons. The Bertz CT molecular complexity index is 301. The van der Waals surface area contributed by atoms with Gasteiger partial charge >= 0.3 is 10.4 Å². The number of nitrogens with one attached hydrogen (secondary N) is 1. The zero-order chi connectivity index (χ0) is 15.2. The third-order valence-corrected chi connectivity index (χ3v) is 1.86. The van der Waals surface area contributed by atoms with E-state index in [2.05, 4.69) is 42.0 Å². The highest BCUT2D eigenvalue weighted by atomic mass is 32.3. The lowest BCUT2D eigenvalue weighted by molar-refractivity contribution is -0.116. The van der Waals surface area contributed by atoms with Gasteiger partial charge in [0, 0.05) is 7.05 Å². The van der Waals surface area contributed by atoms with E-state index in [-0.39, 0.29) is 12.5 Å². The first-order chi connectivity index (χ1) is 8.14. The topological polar surface area (TPSA) is 95.9 Å². The molecule has 0 aliphatic rings. The van der Waals surface area contributed by atoms with Crippen LogP contribution in [0, 0.1) is 0 Å². The van der Waals surface area contributed by atoms with Crippen molar-refractivity contribution < 1.29 is 21.9 Å². The summed E-state index contributed by atoms with van der Waals surface area (Å²) in [6.07, 6.45) is 1.22. The number of amides is 1. The second-order valence-corrected chi connectivity index (χ2v) is 4.14. The standard InChI is InChI=1S/C4H7NO.C4H11N.C2H6O4S/c1-3-4(6)5-2;1-4-5(2)3;1-2-6-7(3,4)5/h3H,1H2,2H3,(H,5,6);4H2,1-3H3;2H2,1H3,(H,3,4,5). The van der Waals surface area contributed by atoms with Gasteiger partial charge in [0.2, 0.25) is 5.91 Å². The van der Waals surface area contributed by atoms with E-state index in [1.165, 1.54) is 13.0 Å². The van der Waals surface area contributed by atoms with Crippen LogP contribution in [-0.2, 0) is 19.4 Å². The molecule has 0 bridgehead atoms. The van der Waals surface area contributed by atoms with Gasteiger partial charge in [-0.25, -0.2) is 4.18 Å². The van der Waals surface area contributed by atoms with Crippen molar-refractivity contribution in [3.8, 4) is 0 Å². The van der Waals surface area contributed by atoms with Gasteiger partial charge < -0.3 is 10.2 Å². The third-order valence-electron chi connectivity index (χ3n) is 1.33. The van der Waals surface area contributed by atoms with E-state index in [1.54, 1.807) is 7.05 Å². The second-order valence-electron chi connectivity index (χ2n) is 3.05. The summed E-state index contributed by atoms with van der Waals surface area (Å²) >= 11 is 0. The predicted octanol–water partition coefficient (Wildman–Crippen LogP) is 0.312. The zero-order valence-corrected chi connectivity index (χ0v) is 12.5. The maximum Gasteiger partial charge on any atom is 0.397 e. The minimum absolute atomic E-state index is 0.0289. The Morgan fingerprint density at radius 2 is 1.83 bits per heavy atom. The van der Waals surface area contributed by atoms with Gasteiger partial charge in [-0.2, -0.15) is 8.42 Å². The Hall–Kier alpha value is -0.960. The van der Waals surface area contributed by atoms with E-state index in [0.717, 1.165) is 6.54 Å². The minimum Gasteiger partial charge on any atom is -0.356 e. The lowest BCUT2D eigenvalue weighted by Gasteiger charge is -2.00. The van der Waals surface area contributed by atoms with Gasteiger partial charge in [-0.05, 0) is 33.6 Å². The molecule has 2 N–H and O–H groups in total. The average molecular weight is 284 g/mol. The molecule has 0 spiro atoms. The molecular weight excluding hydrogens is 260 g/mol. The Labute approximate surface area is 110 Å². The molecule has 0 unspecified atom stereocenters. The zero-order valence-electron chi connectivity index (χ0n) is 11.6. The summed E-state index contributed by atoms with van der Waals surface area (Å²) in [7, 11) is 1.50. The monoisotopic (exact) mass is 284 g/mol. The molecule has 0 heterocycles. The largest absolute Gasteiger partial charge is 0.397 e. The smallest absolute Gasteiger partial charge is 0.356 e. The molecule has 7 nitrogen and oxygen atoms in total. The van der Waals surface area contributed by atoms with Crippen LogP contribution in [0.1, 0.15) is 13.8 Å². The Kier molecular flexibility index (Phi) is 17.4. The summed E-state index contributed by atoms with van der Waals surface area (Å²) in [6, 6.07) is 0. The number of likely N-dealkylation sites (N-methyl/N-ethyl adjacent to an activating group) is 1. The highest BCUT2D eigenvalue weighted by molar-refractivity contribution is 7.80. The first-order valence-electron chi connectivity index (χ1n) is 5.25. The molecular formula is C10H24N2O5S. The van der Waals surface area contributed by atoms with Crippen molar-refractivity contribution >= 4 is 16.3 Å². The summed E-state index contributed by atoms with van der Waals surface area (Å²) in [5.41, 5.74) is 0. The van der Waals surface area contributed by atoms with Gasteiger partial charge in [-0.3, -0.25) is 9.35 Å². The molecule has 0 aliphatic carbocycles.